The van der Waals surface area contributed by atoms with E-state index in [0.717, 1.165) is 66.2 Å². The van der Waals surface area contributed by atoms with Crippen molar-refractivity contribution in [2.24, 2.45) is 0 Å². The van der Waals surface area contributed by atoms with Crippen LogP contribution in [-0.2, 0) is 65.7 Å². The van der Waals surface area contributed by atoms with Crippen LogP contribution in [-0.4, -0.2) is 251 Å². The number of hydrogen-bond acceptors (Lipinski definition) is 34. The van der Waals surface area contributed by atoms with Gasteiger partial charge in [0.1, 0.15) is 58.6 Å². The maximum Gasteiger partial charge on any atom is 0.490 e. The number of rotatable bonds is 26. The molecule has 19 rings (SSSR count). The quantitative estimate of drug-likeness (QED) is 0.0122. The molecule has 0 saturated carbocycles. The average molecular weight is 2360 g/mol. The van der Waals surface area contributed by atoms with E-state index < -0.39 is 194 Å². The Morgan fingerprint density at radius 2 is 0.729 bits per heavy atom. The summed E-state index contributed by atoms with van der Waals surface area (Å²) in [5.41, 5.74) is 0.401. The third-order valence-corrected chi connectivity index (χ3v) is 33.0. The molecular weight excluding hydrogens is 2270 g/mol. The molecule has 0 aliphatic carbocycles. The van der Waals surface area contributed by atoms with Crippen molar-refractivity contribution in [2.45, 2.75) is 128 Å². The number of fused-ring (bicyclic) bond motifs is 6. The van der Waals surface area contributed by atoms with Crippen LogP contribution in [0.2, 0.25) is 4.82 Å². The Hall–Kier alpha value is -10.3. The molecule has 22 atom stereocenters. The van der Waals surface area contributed by atoms with Gasteiger partial charge in [0.15, 0.2) is 37.1 Å². The molecule has 5 saturated heterocycles. The van der Waals surface area contributed by atoms with E-state index in [1.165, 1.54) is 56.6 Å². The maximum atomic E-state index is 12.0. The number of aliphatic hydroxyl groups excluding tert-OH is 8. The first-order chi connectivity index (χ1) is 68.8. The number of H-pyrrole nitrogens is 3. The van der Waals surface area contributed by atoms with Gasteiger partial charge in [-0.05, 0) is 57.6 Å². The van der Waals surface area contributed by atoms with E-state index in [1.54, 1.807) is 47.6 Å². The van der Waals surface area contributed by atoms with Crippen LogP contribution in [0.25, 0.3) is 0 Å². The maximum absolute atomic E-state index is 12.0. The van der Waals surface area contributed by atoms with Crippen LogP contribution in [0.1, 0.15) is 64.5 Å². The zero-order chi connectivity index (χ0) is 103. The minimum absolute atomic E-state index is 0.0797. The minimum atomic E-state index is -5.68. The number of aromatic nitrogens is 10. The summed E-state index contributed by atoms with van der Waals surface area (Å²) in [6.45, 7) is -1.75. The van der Waals surface area contributed by atoms with Crippen molar-refractivity contribution in [1.82, 2.24) is 47.8 Å². The number of aromatic amines is 3. The van der Waals surface area contributed by atoms with Gasteiger partial charge in [0.2, 0.25) is 0 Å². The molecular formula is C91H94ClI2N10O36P3Se. The first kappa shape index (κ1) is 109. The number of halogens is 3. The fourth-order valence-corrected chi connectivity index (χ4v) is 24.2. The second-order valence-corrected chi connectivity index (χ2v) is 42.7. The number of phosphoric ester groups is 1. The van der Waals surface area contributed by atoms with Crippen LogP contribution < -0.4 is 68.3 Å². The van der Waals surface area contributed by atoms with Gasteiger partial charge in [0.25, 0.3) is 22.2 Å². The number of ether oxygens (including phenoxy) is 10. The second kappa shape index (κ2) is 48.1. The Morgan fingerprint density at radius 3 is 1.14 bits per heavy atom. The third-order valence-electron chi connectivity index (χ3n) is 23.1. The summed E-state index contributed by atoms with van der Waals surface area (Å²) in [4.78, 5) is 139. The number of alkyl halides is 3. The zero-order valence-corrected chi connectivity index (χ0v) is 84.6. The van der Waals surface area contributed by atoms with Crippen molar-refractivity contribution in [3.8, 4) is 23.5 Å². The van der Waals surface area contributed by atoms with Gasteiger partial charge in [0.05, 0.1) is 60.7 Å². The van der Waals surface area contributed by atoms with Crippen molar-refractivity contribution < 1.29 is 135 Å². The van der Waals surface area contributed by atoms with Gasteiger partial charge in [0, 0.05) is 49.1 Å². The normalized spacial score (nSPS) is 25.5. The number of benzene rings is 7. The number of hydrogen-bond donors (Lipinski definition) is 15. The number of aliphatic hydroxyl groups is 8. The Labute approximate surface area is 852 Å². The molecule has 53 heteroatoms. The molecule has 5 fully saturated rings. The largest absolute Gasteiger partial charge is 0.490 e. The zero-order valence-electron chi connectivity index (χ0n) is 75.1. The molecule has 15 N–H and O–H groups in total. The molecule has 0 spiro atoms. The monoisotopic (exact) mass is 2360 g/mol. The van der Waals surface area contributed by atoms with Gasteiger partial charge in [-0.3, -0.25) is 51.9 Å². The minimum Gasteiger partial charge on any atom is -0.453 e. The number of phosphoric acid groups is 3. The van der Waals surface area contributed by atoms with E-state index in [4.69, 9.17) is 83.9 Å². The first-order valence-electron chi connectivity index (χ1n) is 43.4. The summed E-state index contributed by atoms with van der Waals surface area (Å²) in [6.07, 6.45) is -7.29. The van der Waals surface area contributed by atoms with Gasteiger partial charge in [-0.2, -0.15) is 18.6 Å². The third kappa shape index (κ3) is 25.5. The van der Waals surface area contributed by atoms with Gasteiger partial charge in [-0.25, -0.2) is 23.3 Å². The van der Waals surface area contributed by atoms with Crippen molar-refractivity contribution in [3.63, 3.8) is 0 Å². The van der Waals surface area contributed by atoms with Crippen LogP contribution in [0.15, 0.2) is 300 Å². The van der Waals surface area contributed by atoms with Crippen LogP contribution in [0.5, 0.6) is 23.5 Å². The first-order valence-corrected chi connectivity index (χ1v) is 52.6. The van der Waals surface area contributed by atoms with E-state index in [-0.39, 0.29) is 62.1 Å². The molecule has 766 valence electrons. The molecule has 12 heterocycles. The van der Waals surface area contributed by atoms with Crippen LogP contribution in [0.3, 0.4) is 0 Å². The number of nitrogens with one attached hydrogen (secondary N) is 3. The molecule has 7 aromatic carbocycles. The average Bonchev–Trinajstić information content (AvgIpc) is 1.62. The summed E-state index contributed by atoms with van der Waals surface area (Å²) in [5, 5.41) is 78.6. The van der Waals surface area contributed by atoms with Crippen molar-refractivity contribution in [2.75, 3.05) is 47.3 Å². The van der Waals surface area contributed by atoms with Crippen LogP contribution >= 0.6 is 80.3 Å². The molecule has 9 unspecified atom stereocenters. The van der Waals surface area contributed by atoms with E-state index in [1.807, 2.05) is 203 Å². The summed E-state index contributed by atoms with van der Waals surface area (Å²) < 4.78 is 108. The number of nitrogens with zero attached hydrogens (tertiary/aromatic N) is 7. The van der Waals surface area contributed by atoms with Crippen LogP contribution in [0, 0.1) is 0 Å². The topological polar surface area (TPSA) is 648 Å². The van der Waals surface area contributed by atoms with Crippen molar-refractivity contribution in [3.05, 3.63) is 378 Å². The fourth-order valence-electron chi connectivity index (χ4n) is 16.2. The Kier molecular flexibility index (Phi) is 36.5. The summed E-state index contributed by atoms with van der Waals surface area (Å²) in [6, 6.07) is 71.9. The summed E-state index contributed by atoms with van der Waals surface area (Å²) >= 11 is 10.7. The van der Waals surface area contributed by atoms with Crippen molar-refractivity contribution >= 4 is 99.7 Å². The SMILES string of the molecule is COc1ccc(C(Cl)(c2ccccc2)c2ccccc2)cc1.COc1ccc(C(OC[C@H]2OC3C(Oc4nc(=O)ccn43)[C@H]2O)(c2ccccc2)c2ccccc2)cc1.O=c1ccn([C@@H]2O[C@H](CO)[C@H](O)C2I)c(=O)[nH]1.O=c1ccn([C@@H]2O[C@H](CO)[C@H](O)C2[Se]c2ccccc2)c(=O)[nH]1.O=c1ccn([C@@H]2O[C@H](COP(=O)(O)OP(=O)(O)OP(=O)(O)O)[C@H](O)C2I)c(=O)[nH]1.O=c1ccn2c(n1)OC1C2O[C@H](CO)[C@@H]1O. The molecule has 12 aromatic rings. The predicted molar refractivity (Wildman–Crippen MR) is 525 cm³/mol. The van der Waals surface area contributed by atoms with E-state index in [9.17, 15) is 87.6 Å². The molecule has 0 radical (unpaired) electrons. The standard InChI is InChI=1S/C29H26N2O6.C20H17ClO.C15H16N2O5Se.C9H14IN2O14P3.C9H11IN2O5.C9H10N2O5/c1-34-22-14-12-21(13-15-22)29(19-8-4-2-5-9-19,20-10-6-3-7-11-20)35-18-23-25(33)26-27(36-23)31-17-16-24(32)30-28(31)37-26;1-22-19-14-12-18(13-15-19)20(21,16-8-4-2-5-9-16)17-10-6-3-7-11-17;18-8-10-12(20)13(23-9-4-2-1-3-5-9)14(22-10)17-7-6-11(19)16-15(17)21;10-6-7(14)4(24-8(6)12-2-1-5(13)11-9(12)15)3-23-28(19,20)26-29(21,22)25-27(16,17)18;10-6-7(15)4(3-13)17-8(6)12-2-1-5(14)11-9(12)16;12-3-4-6(14)7-8(15-4)11-2-1-5(13)10-9(11)16-7/h2-17,23,25-27,33H,18H2,1H3;2-15H,1H3;1-7,10,12-14,18,20H,8H2,(H,16,19,21);1-2,4,6-8,14H,3H2,(H,19,20)(H,21,22)(H,11,13,15)(H2,16,17,18);1-2,4,6-8,13,15H,3H2,(H,11,14,16);1-2,4,6-8,12,14H,3H2/t23-,25+,26?,27?;;10-,12+,13?,14-;2*4-,6?,7+,8-;4-,6+,7?,8?/m1.1111/s1. The van der Waals surface area contributed by atoms with Gasteiger partial charge in [-0.1, -0.05) is 191 Å². The van der Waals surface area contributed by atoms with Gasteiger partial charge >= 0.3 is 184 Å². The molecule has 0 bridgehead atoms. The Bertz CT molecular complexity index is 6940. The van der Waals surface area contributed by atoms with Gasteiger partial charge < -0.3 is 92.8 Å². The summed E-state index contributed by atoms with van der Waals surface area (Å²) in [7, 11) is -13.3. The fraction of sp³-hybridized carbons (Fsp3) is 0.319. The van der Waals surface area contributed by atoms with Crippen molar-refractivity contribution in [1.29, 1.82) is 0 Å². The predicted octanol–water partition coefficient (Wildman–Crippen LogP) is 2.90. The molecule has 7 aliphatic heterocycles. The molecule has 144 heavy (non-hydrogen) atoms. The molecule has 7 aliphatic rings. The molecule has 46 nitrogen and oxygen atoms in total. The van der Waals surface area contributed by atoms with Gasteiger partial charge in [-0.15, -0.1) is 11.6 Å². The Morgan fingerprint density at radius 1 is 0.396 bits per heavy atom. The van der Waals surface area contributed by atoms with E-state index in [0.29, 0.717) is 0 Å². The van der Waals surface area contributed by atoms with E-state index >= 15 is 0 Å². The summed E-state index contributed by atoms with van der Waals surface area (Å²) in [5.74, 6) is 1.56. The number of methoxy groups -OCH3 is 2. The smallest absolute Gasteiger partial charge is 0.453 e. The molecule has 0 amide bonds. The second-order valence-electron chi connectivity index (χ2n) is 32.2. The molecule has 5 aromatic heterocycles. The van der Waals surface area contributed by atoms with E-state index in [2.05, 4.69) is 57.3 Å². The Balaban J connectivity index is 0.000000140. The van der Waals surface area contributed by atoms with Crippen LogP contribution in [0.4, 0.5) is 0 Å².